The maximum atomic E-state index is 12.3. The number of carboxylic acids is 1. The van der Waals surface area contributed by atoms with Crippen LogP contribution in [0.25, 0.3) is 0 Å². The standard InChI is InChI=1S/C21H27NO5/c1-2-3-4-8-12-26-13-11-17-21(20(24)25,15-16-9-6-5-7-10-16)22-18(23)14-19(22)27-17/h5-7,9-11,19H,2-4,8,12-15H2,1H3,(H,24,25)/b17-11-/t19-,21-/m1/s1. The summed E-state index contributed by atoms with van der Waals surface area (Å²) in [5.41, 5.74) is -0.650. The van der Waals surface area contributed by atoms with Crippen molar-refractivity contribution in [3.63, 3.8) is 0 Å². The molecule has 2 atom stereocenters. The van der Waals surface area contributed by atoms with Gasteiger partial charge in [-0.1, -0.05) is 56.5 Å². The summed E-state index contributed by atoms with van der Waals surface area (Å²) in [7, 11) is 0. The van der Waals surface area contributed by atoms with Gasteiger partial charge < -0.3 is 14.6 Å². The van der Waals surface area contributed by atoms with Crippen molar-refractivity contribution in [3.05, 3.63) is 47.7 Å². The number of benzene rings is 1. The number of ether oxygens (including phenoxy) is 2. The first-order valence-electron chi connectivity index (χ1n) is 9.64. The maximum Gasteiger partial charge on any atom is 0.338 e. The molecule has 2 saturated heterocycles. The molecule has 2 fully saturated rings. The van der Waals surface area contributed by atoms with Crippen molar-refractivity contribution in [1.82, 2.24) is 4.90 Å². The number of unbranched alkanes of at least 4 members (excludes halogenated alkanes) is 3. The molecule has 2 heterocycles. The van der Waals surface area contributed by atoms with Crippen molar-refractivity contribution in [1.29, 1.82) is 0 Å². The Balaban J connectivity index is 1.75. The zero-order valence-corrected chi connectivity index (χ0v) is 15.7. The van der Waals surface area contributed by atoms with Crippen LogP contribution < -0.4 is 0 Å². The molecular weight excluding hydrogens is 346 g/mol. The van der Waals surface area contributed by atoms with Gasteiger partial charge in [0.05, 0.1) is 13.0 Å². The van der Waals surface area contributed by atoms with Crippen molar-refractivity contribution < 1.29 is 24.2 Å². The van der Waals surface area contributed by atoms with E-state index in [1.807, 2.05) is 30.3 Å². The fourth-order valence-corrected chi connectivity index (χ4v) is 3.72. The molecule has 6 heteroatoms. The number of hydrogen-bond donors (Lipinski definition) is 1. The van der Waals surface area contributed by atoms with E-state index in [4.69, 9.17) is 9.47 Å². The first-order valence-corrected chi connectivity index (χ1v) is 9.64. The summed E-state index contributed by atoms with van der Waals surface area (Å²) in [4.78, 5) is 25.9. The highest BCUT2D eigenvalue weighted by Gasteiger charge is 2.64. The smallest absolute Gasteiger partial charge is 0.338 e. The highest BCUT2D eigenvalue weighted by molar-refractivity contribution is 5.94. The molecule has 2 aliphatic heterocycles. The lowest BCUT2D eigenvalue weighted by Crippen LogP contribution is -2.63. The molecule has 6 nitrogen and oxygen atoms in total. The van der Waals surface area contributed by atoms with E-state index in [-0.39, 0.29) is 25.4 Å². The predicted molar refractivity (Wildman–Crippen MR) is 99.9 cm³/mol. The van der Waals surface area contributed by atoms with Gasteiger partial charge in [-0.3, -0.25) is 9.69 Å². The van der Waals surface area contributed by atoms with Crippen LogP contribution in [0, 0.1) is 0 Å². The Kier molecular flexibility index (Phi) is 6.16. The summed E-state index contributed by atoms with van der Waals surface area (Å²) in [6, 6.07) is 9.33. The number of hydrogen-bond acceptors (Lipinski definition) is 4. The molecule has 1 N–H and O–H groups in total. The van der Waals surface area contributed by atoms with Crippen LogP contribution in [-0.4, -0.2) is 46.9 Å². The highest BCUT2D eigenvalue weighted by Crippen LogP contribution is 2.46. The van der Waals surface area contributed by atoms with Gasteiger partial charge in [0.2, 0.25) is 11.4 Å². The third kappa shape index (κ3) is 3.86. The number of aliphatic carboxylic acids is 1. The summed E-state index contributed by atoms with van der Waals surface area (Å²) >= 11 is 0. The fourth-order valence-electron chi connectivity index (χ4n) is 3.72. The summed E-state index contributed by atoms with van der Waals surface area (Å²) in [6.07, 6.45) is 6.05. The van der Waals surface area contributed by atoms with Gasteiger partial charge in [0.15, 0.2) is 6.23 Å². The van der Waals surface area contributed by atoms with Crippen molar-refractivity contribution in [2.75, 3.05) is 13.2 Å². The van der Waals surface area contributed by atoms with E-state index in [2.05, 4.69) is 6.92 Å². The van der Waals surface area contributed by atoms with Crippen molar-refractivity contribution >= 4 is 11.9 Å². The van der Waals surface area contributed by atoms with Crippen LogP contribution in [0.5, 0.6) is 0 Å². The SMILES string of the molecule is CCCCCCOC/C=C1\O[C@@H]2CC(=O)N2[C@@]1(Cc1ccccc1)C(=O)O. The summed E-state index contributed by atoms with van der Waals surface area (Å²) in [5, 5.41) is 10.1. The van der Waals surface area contributed by atoms with Gasteiger partial charge in [-0.2, -0.15) is 0 Å². The molecule has 27 heavy (non-hydrogen) atoms. The number of carbonyl (C=O) groups is 2. The Morgan fingerprint density at radius 2 is 2.11 bits per heavy atom. The van der Waals surface area contributed by atoms with Gasteiger partial charge in [-0.05, 0) is 18.1 Å². The number of carboxylic acid groups (broad SMARTS) is 1. The predicted octanol–water partition coefficient (Wildman–Crippen LogP) is 3.12. The molecule has 0 unspecified atom stereocenters. The summed E-state index contributed by atoms with van der Waals surface area (Å²) < 4.78 is 11.5. The fraction of sp³-hybridized carbons (Fsp3) is 0.524. The van der Waals surface area contributed by atoms with Gasteiger partial charge in [-0.25, -0.2) is 4.79 Å². The molecule has 0 saturated carbocycles. The second-order valence-corrected chi connectivity index (χ2v) is 7.07. The van der Waals surface area contributed by atoms with Gasteiger partial charge in [0, 0.05) is 13.0 Å². The minimum Gasteiger partial charge on any atom is -0.479 e. The van der Waals surface area contributed by atoms with Crippen LogP contribution in [0.15, 0.2) is 42.2 Å². The van der Waals surface area contributed by atoms with Crippen LogP contribution in [0.2, 0.25) is 0 Å². The van der Waals surface area contributed by atoms with E-state index in [0.29, 0.717) is 12.4 Å². The molecule has 0 spiro atoms. The maximum absolute atomic E-state index is 12.3. The van der Waals surface area contributed by atoms with E-state index >= 15 is 0 Å². The largest absolute Gasteiger partial charge is 0.479 e. The Labute approximate surface area is 159 Å². The van der Waals surface area contributed by atoms with E-state index in [1.165, 1.54) is 17.7 Å². The number of fused-ring (bicyclic) bond motifs is 1. The quantitative estimate of drug-likeness (QED) is 0.504. The number of β-lactam (4-membered cyclic amide) rings is 1. The van der Waals surface area contributed by atoms with Crippen LogP contribution in [0.3, 0.4) is 0 Å². The highest BCUT2D eigenvalue weighted by atomic mass is 16.5. The second-order valence-electron chi connectivity index (χ2n) is 7.07. The first-order chi connectivity index (χ1) is 13.1. The van der Waals surface area contributed by atoms with E-state index in [9.17, 15) is 14.7 Å². The monoisotopic (exact) mass is 373 g/mol. The molecule has 1 amide bonds. The molecule has 0 bridgehead atoms. The zero-order valence-electron chi connectivity index (χ0n) is 15.7. The third-order valence-corrected chi connectivity index (χ3v) is 5.17. The summed E-state index contributed by atoms with van der Waals surface area (Å²) in [6.45, 7) is 3.07. The van der Waals surface area contributed by atoms with E-state index in [1.54, 1.807) is 6.08 Å². The molecule has 146 valence electrons. The molecule has 1 aromatic rings. The first kappa shape index (κ1) is 19.4. The topological polar surface area (TPSA) is 76.1 Å². The lowest BCUT2D eigenvalue weighted by Gasteiger charge is -2.40. The van der Waals surface area contributed by atoms with Gasteiger partial charge in [0.25, 0.3) is 0 Å². The number of nitrogens with zero attached hydrogens (tertiary/aromatic N) is 1. The molecule has 0 aliphatic carbocycles. The Hall–Kier alpha value is -2.34. The van der Waals surface area contributed by atoms with Gasteiger partial charge in [-0.15, -0.1) is 0 Å². The molecular formula is C21H27NO5. The van der Waals surface area contributed by atoms with Gasteiger partial charge >= 0.3 is 5.97 Å². The minimum atomic E-state index is -1.49. The molecule has 1 aromatic carbocycles. The number of amides is 1. The van der Waals surface area contributed by atoms with Crippen molar-refractivity contribution in [2.45, 2.75) is 57.2 Å². The molecule has 2 aliphatic rings. The van der Waals surface area contributed by atoms with Crippen LogP contribution in [-0.2, 0) is 25.5 Å². The van der Waals surface area contributed by atoms with Crippen LogP contribution >= 0.6 is 0 Å². The average molecular weight is 373 g/mol. The van der Waals surface area contributed by atoms with Crippen LogP contribution in [0.4, 0.5) is 0 Å². The lowest BCUT2D eigenvalue weighted by molar-refractivity contribution is -0.170. The van der Waals surface area contributed by atoms with E-state index in [0.717, 1.165) is 18.4 Å². The van der Waals surface area contributed by atoms with Crippen molar-refractivity contribution in [2.24, 2.45) is 0 Å². The lowest BCUT2D eigenvalue weighted by atomic mass is 9.85. The average Bonchev–Trinajstić information content (AvgIpc) is 2.90. The number of rotatable bonds is 10. The normalized spacial score (nSPS) is 25.2. The Morgan fingerprint density at radius 3 is 2.78 bits per heavy atom. The zero-order chi connectivity index (χ0) is 19.3. The minimum absolute atomic E-state index is 0.174. The second kappa shape index (κ2) is 8.57. The molecule has 3 rings (SSSR count). The third-order valence-electron chi connectivity index (χ3n) is 5.17. The van der Waals surface area contributed by atoms with Crippen molar-refractivity contribution in [3.8, 4) is 0 Å². The van der Waals surface area contributed by atoms with Crippen LogP contribution in [0.1, 0.15) is 44.6 Å². The van der Waals surface area contributed by atoms with E-state index < -0.39 is 17.7 Å². The number of carbonyl (C=O) groups excluding carboxylic acids is 1. The molecule has 0 radical (unpaired) electrons. The Bertz CT molecular complexity index is 702. The Morgan fingerprint density at radius 1 is 1.33 bits per heavy atom. The summed E-state index contributed by atoms with van der Waals surface area (Å²) in [5.74, 6) is -0.957. The molecule has 0 aromatic heterocycles. The van der Waals surface area contributed by atoms with Gasteiger partial charge in [0.1, 0.15) is 5.76 Å².